The molecule has 23 heavy (non-hydrogen) atoms. The fourth-order valence-electron chi connectivity index (χ4n) is 3.35. The fraction of sp³-hybridized carbons (Fsp3) is 0.800. The first-order valence-electron chi connectivity index (χ1n) is 8.19. The van der Waals surface area contributed by atoms with E-state index < -0.39 is 9.84 Å². The third-order valence-electron chi connectivity index (χ3n) is 4.61. The van der Waals surface area contributed by atoms with E-state index in [1.165, 1.54) is 0 Å². The van der Waals surface area contributed by atoms with Gasteiger partial charge in [0.15, 0.2) is 15.7 Å². The van der Waals surface area contributed by atoms with E-state index in [0.717, 1.165) is 12.8 Å². The number of aromatic nitrogens is 2. The van der Waals surface area contributed by atoms with E-state index in [9.17, 15) is 13.2 Å². The monoisotopic (exact) mass is 341 g/mol. The smallest absolute Gasteiger partial charge is 0.229 e. The van der Waals surface area contributed by atoms with Crippen LogP contribution >= 0.6 is 0 Å². The zero-order valence-electron chi connectivity index (χ0n) is 13.6. The Labute approximate surface area is 136 Å². The molecule has 0 saturated carbocycles. The second kappa shape index (κ2) is 6.22. The maximum absolute atomic E-state index is 12.6. The van der Waals surface area contributed by atoms with E-state index in [4.69, 9.17) is 4.52 Å². The Morgan fingerprint density at radius 3 is 2.78 bits per heavy atom. The number of carbonyl (C=O) groups is 1. The summed E-state index contributed by atoms with van der Waals surface area (Å²) in [6.07, 6.45) is 2.62. The zero-order valence-corrected chi connectivity index (χ0v) is 14.4. The Kier molecular flexibility index (Phi) is 4.44. The normalized spacial score (nSPS) is 27.0. The first kappa shape index (κ1) is 16.4. The van der Waals surface area contributed by atoms with Gasteiger partial charge in [0.1, 0.15) is 0 Å². The molecule has 3 heterocycles. The Morgan fingerprint density at radius 2 is 2.17 bits per heavy atom. The number of rotatable bonds is 4. The van der Waals surface area contributed by atoms with Crippen LogP contribution in [-0.4, -0.2) is 47.4 Å². The molecule has 0 radical (unpaired) electrons. The summed E-state index contributed by atoms with van der Waals surface area (Å²) in [5.41, 5.74) is 0. The molecule has 0 aromatic carbocycles. The van der Waals surface area contributed by atoms with E-state index in [2.05, 4.69) is 10.1 Å². The number of hydrogen-bond donors (Lipinski definition) is 0. The van der Waals surface area contributed by atoms with Gasteiger partial charge in [-0.3, -0.25) is 4.79 Å². The molecule has 128 valence electrons. The number of carbonyl (C=O) groups excluding carboxylic acids is 1. The Hall–Kier alpha value is -1.44. The quantitative estimate of drug-likeness (QED) is 0.827. The van der Waals surface area contributed by atoms with Crippen LogP contribution in [0.5, 0.6) is 0 Å². The third-order valence-corrected chi connectivity index (χ3v) is 6.45. The molecule has 8 heteroatoms. The third kappa shape index (κ3) is 3.57. The van der Waals surface area contributed by atoms with Crippen LogP contribution in [0.15, 0.2) is 4.52 Å². The Bertz CT molecular complexity index is 683. The van der Waals surface area contributed by atoms with Crippen molar-refractivity contribution in [2.45, 2.75) is 51.5 Å². The van der Waals surface area contributed by atoms with Crippen molar-refractivity contribution in [1.82, 2.24) is 15.0 Å². The van der Waals surface area contributed by atoms with Crippen LogP contribution in [0.1, 0.15) is 63.2 Å². The number of likely N-dealkylation sites (tertiary alicyclic amines) is 1. The van der Waals surface area contributed by atoms with Crippen molar-refractivity contribution in [2.24, 2.45) is 5.92 Å². The molecule has 2 atom stereocenters. The van der Waals surface area contributed by atoms with Gasteiger partial charge in [-0.25, -0.2) is 8.42 Å². The van der Waals surface area contributed by atoms with Gasteiger partial charge in [-0.15, -0.1) is 0 Å². The van der Waals surface area contributed by atoms with Gasteiger partial charge in [0, 0.05) is 18.9 Å². The lowest BCUT2D eigenvalue weighted by Gasteiger charge is -2.23. The van der Waals surface area contributed by atoms with Crippen molar-refractivity contribution in [3.05, 3.63) is 11.7 Å². The molecule has 0 bridgehead atoms. The van der Waals surface area contributed by atoms with Crippen LogP contribution in [-0.2, 0) is 14.6 Å². The van der Waals surface area contributed by atoms with Crippen molar-refractivity contribution in [2.75, 3.05) is 18.1 Å². The molecule has 1 amide bonds. The van der Waals surface area contributed by atoms with Crippen LogP contribution in [0.2, 0.25) is 0 Å². The summed E-state index contributed by atoms with van der Waals surface area (Å²) in [5.74, 6) is 1.61. The highest BCUT2D eigenvalue weighted by Gasteiger charge is 2.36. The van der Waals surface area contributed by atoms with Crippen LogP contribution < -0.4 is 0 Å². The summed E-state index contributed by atoms with van der Waals surface area (Å²) in [6.45, 7) is 4.64. The number of sulfone groups is 1. The molecule has 1 aromatic rings. The van der Waals surface area contributed by atoms with E-state index in [-0.39, 0.29) is 35.3 Å². The van der Waals surface area contributed by atoms with Gasteiger partial charge in [-0.2, -0.15) is 4.98 Å². The molecule has 2 aliphatic heterocycles. The van der Waals surface area contributed by atoms with Gasteiger partial charge in [-0.05, 0) is 25.2 Å². The maximum Gasteiger partial charge on any atom is 0.229 e. The van der Waals surface area contributed by atoms with E-state index in [1.54, 1.807) is 4.90 Å². The molecule has 2 fully saturated rings. The number of nitrogens with zero attached hydrogens (tertiary/aromatic N) is 3. The second-order valence-corrected chi connectivity index (χ2v) is 9.09. The zero-order chi connectivity index (χ0) is 16.6. The van der Waals surface area contributed by atoms with Gasteiger partial charge in [-0.1, -0.05) is 19.0 Å². The van der Waals surface area contributed by atoms with Gasteiger partial charge in [0.05, 0.1) is 17.5 Å². The van der Waals surface area contributed by atoms with Crippen molar-refractivity contribution < 1.29 is 17.7 Å². The summed E-state index contributed by atoms with van der Waals surface area (Å²) in [4.78, 5) is 18.8. The summed E-state index contributed by atoms with van der Waals surface area (Å²) in [5, 5.41) is 4.03. The molecule has 0 unspecified atom stereocenters. The molecule has 2 saturated heterocycles. The predicted octanol–water partition coefficient (Wildman–Crippen LogP) is 1.68. The molecule has 0 N–H and O–H groups in total. The lowest BCUT2D eigenvalue weighted by molar-refractivity contribution is -0.133. The molecular formula is C15H23N3O4S. The van der Waals surface area contributed by atoms with Gasteiger partial charge in [0.2, 0.25) is 11.8 Å². The Balaban J connectivity index is 1.67. The average molecular weight is 341 g/mol. The topological polar surface area (TPSA) is 93.4 Å². The number of amides is 1. The minimum atomic E-state index is -2.95. The van der Waals surface area contributed by atoms with Crippen LogP contribution in [0, 0.1) is 5.92 Å². The average Bonchev–Trinajstić information content (AvgIpc) is 3.16. The second-order valence-electron chi connectivity index (χ2n) is 6.86. The molecule has 2 aliphatic rings. The van der Waals surface area contributed by atoms with Gasteiger partial charge in [0.25, 0.3) is 0 Å². The summed E-state index contributed by atoms with van der Waals surface area (Å²) in [7, 11) is -2.95. The summed E-state index contributed by atoms with van der Waals surface area (Å²) >= 11 is 0. The van der Waals surface area contributed by atoms with Crippen LogP contribution in [0.3, 0.4) is 0 Å². The molecule has 0 spiro atoms. The standard InChI is InChI=1S/C15H23N3O4S/c1-10(2)15-16-14(17-22-15)12-4-3-6-18(12)13(19)8-11-5-7-23(20,21)9-11/h10-12H,3-9H2,1-2H3/t11-,12-/m1/s1. The van der Waals surface area contributed by atoms with Crippen molar-refractivity contribution in [3.63, 3.8) is 0 Å². The SMILES string of the molecule is CC(C)c1nc([C@H]2CCCN2C(=O)C[C@H]2CCS(=O)(=O)C2)no1. The number of hydrogen-bond acceptors (Lipinski definition) is 6. The van der Waals surface area contributed by atoms with Crippen molar-refractivity contribution in [3.8, 4) is 0 Å². The fourth-order valence-corrected chi connectivity index (χ4v) is 5.21. The summed E-state index contributed by atoms with van der Waals surface area (Å²) < 4.78 is 28.3. The van der Waals surface area contributed by atoms with Gasteiger partial charge < -0.3 is 9.42 Å². The maximum atomic E-state index is 12.6. The highest BCUT2D eigenvalue weighted by molar-refractivity contribution is 7.91. The van der Waals surface area contributed by atoms with Crippen LogP contribution in [0.4, 0.5) is 0 Å². The van der Waals surface area contributed by atoms with Crippen molar-refractivity contribution >= 4 is 15.7 Å². The van der Waals surface area contributed by atoms with E-state index in [1.807, 2.05) is 13.8 Å². The summed E-state index contributed by atoms with van der Waals surface area (Å²) in [6, 6.07) is -0.142. The highest BCUT2D eigenvalue weighted by atomic mass is 32.2. The predicted molar refractivity (Wildman–Crippen MR) is 83.5 cm³/mol. The first-order valence-corrected chi connectivity index (χ1v) is 10.0. The minimum Gasteiger partial charge on any atom is -0.339 e. The molecule has 1 aromatic heterocycles. The largest absolute Gasteiger partial charge is 0.339 e. The molecule has 0 aliphatic carbocycles. The van der Waals surface area contributed by atoms with E-state index in [0.29, 0.717) is 31.1 Å². The lowest BCUT2D eigenvalue weighted by Crippen LogP contribution is -2.32. The molecule has 3 rings (SSSR count). The highest BCUT2D eigenvalue weighted by Crippen LogP contribution is 2.33. The minimum absolute atomic E-state index is 0.00509. The van der Waals surface area contributed by atoms with Crippen LogP contribution in [0.25, 0.3) is 0 Å². The molecular weight excluding hydrogens is 318 g/mol. The first-order chi connectivity index (χ1) is 10.9. The lowest BCUT2D eigenvalue weighted by atomic mass is 10.0. The van der Waals surface area contributed by atoms with E-state index >= 15 is 0 Å². The Morgan fingerprint density at radius 1 is 1.39 bits per heavy atom. The molecule has 7 nitrogen and oxygen atoms in total. The van der Waals surface area contributed by atoms with Crippen molar-refractivity contribution in [1.29, 1.82) is 0 Å². The van der Waals surface area contributed by atoms with Gasteiger partial charge >= 0.3 is 0 Å².